The molecule has 0 aromatic heterocycles. The molecule has 3 nitrogen and oxygen atoms in total. The van der Waals surface area contributed by atoms with Crippen LogP contribution >= 0.6 is 0 Å². The van der Waals surface area contributed by atoms with Crippen LogP contribution in [0, 0.1) is 5.92 Å². The molecule has 0 aromatic carbocycles. The number of hydrogen-bond acceptors (Lipinski definition) is 1. The van der Waals surface area contributed by atoms with Gasteiger partial charge in [0.2, 0.25) is 0 Å². The van der Waals surface area contributed by atoms with Gasteiger partial charge in [-0.15, -0.1) is 0 Å². The number of hydrogen-bond donors (Lipinski definition) is 0. The third-order valence-corrected chi connectivity index (χ3v) is 0.712. The minimum atomic E-state index is -1.37. The van der Waals surface area contributed by atoms with Crippen LogP contribution in [0.2, 0.25) is 0 Å². The summed E-state index contributed by atoms with van der Waals surface area (Å²) in [7, 11) is 0. The summed E-state index contributed by atoms with van der Waals surface area (Å²) < 4.78 is 12.1. The van der Waals surface area contributed by atoms with Gasteiger partial charge in [0.15, 0.2) is 6.30 Å². The van der Waals surface area contributed by atoms with Gasteiger partial charge in [0, 0.05) is 4.91 Å². The molecule has 0 aliphatic carbocycles. The Kier molecular flexibility index (Phi) is 2.96. The van der Waals surface area contributed by atoms with Gasteiger partial charge in [-0.05, 0) is 11.4 Å². The maximum absolute atomic E-state index is 12.1. The second-order valence-corrected chi connectivity index (χ2v) is 1.82. The van der Waals surface area contributed by atoms with E-state index < -0.39 is 6.30 Å². The molecule has 1 atom stereocenters. The van der Waals surface area contributed by atoms with E-state index >= 15 is 0 Å². The predicted molar refractivity (Wildman–Crippen MR) is 28.9 cm³/mol. The Bertz CT molecular complexity index is 106. The Hall–Kier alpha value is -0.760. The molecule has 0 unspecified atom stereocenters. The molecule has 0 saturated heterocycles. The van der Waals surface area contributed by atoms with Gasteiger partial charge in [-0.1, -0.05) is 19.0 Å². The van der Waals surface area contributed by atoms with Crippen LogP contribution in [0.3, 0.4) is 0 Å². The molecular formula is C4H8FN3. The molecule has 0 heterocycles. The zero-order valence-electron chi connectivity index (χ0n) is 4.87. The van der Waals surface area contributed by atoms with E-state index in [-0.39, 0.29) is 5.92 Å². The lowest BCUT2D eigenvalue weighted by Gasteiger charge is -2.01. The first-order chi connectivity index (χ1) is 3.68. The maximum atomic E-state index is 12.1. The summed E-state index contributed by atoms with van der Waals surface area (Å²) >= 11 is 0. The van der Waals surface area contributed by atoms with E-state index in [0.29, 0.717) is 0 Å². The van der Waals surface area contributed by atoms with Crippen molar-refractivity contribution in [3.05, 3.63) is 10.4 Å². The topological polar surface area (TPSA) is 48.8 Å². The molecule has 46 valence electrons. The number of azide groups is 1. The van der Waals surface area contributed by atoms with Gasteiger partial charge in [0.1, 0.15) is 0 Å². The van der Waals surface area contributed by atoms with Crippen LogP contribution in [0.1, 0.15) is 13.8 Å². The van der Waals surface area contributed by atoms with Crippen molar-refractivity contribution in [3.63, 3.8) is 0 Å². The monoisotopic (exact) mass is 117 g/mol. The first kappa shape index (κ1) is 7.24. The van der Waals surface area contributed by atoms with Crippen molar-refractivity contribution in [1.82, 2.24) is 0 Å². The molecule has 0 fully saturated rings. The van der Waals surface area contributed by atoms with Gasteiger partial charge in [-0.3, -0.25) is 0 Å². The third-order valence-electron chi connectivity index (χ3n) is 0.712. The van der Waals surface area contributed by atoms with E-state index in [1.54, 1.807) is 13.8 Å². The van der Waals surface area contributed by atoms with Crippen LogP contribution in [-0.2, 0) is 0 Å². The summed E-state index contributed by atoms with van der Waals surface area (Å²) in [5.41, 5.74) is 7.70. The van der Waals surface area contributed by atoms with Crippen molar-refractivity contribution in [3.8, 4) is 0 Å². The molecule has 0 bridgehead atoms. The van der Waals surface area contributed by atoms with Crippen LogP contribution in [-0.4, -0.2) is 6.30 Å². The van der Waals surface area contributed by atoms with E-state index in [2.05, 4.69) is 10.0 Å². The van der Waals surface area contributed by atoms with Gasteiger partial charge >= 0.3 is 0 Å². The van der Waals surface area contributed by atoms with Crippen molar-refractivity contribution in [2.75, 3.05) is 0 Å². The van der Waals surface area contributed by atoms with E-state index in [1.165, 1.54) is 0 Å². The average molecular weight is 117 g/mol. The number of nitrogens with zero attached hydrogens (tertiary/aromatic N) is 3. The molecule has 0 radical (unpaired) electrons. The standard InChI is InChI=1S/C4H8FN3/c1-3(2)4(5)7-8-6/h3-4H,1-2H3/t4-/m0/s1. The minimum absolute atomic E-state index is 0.217. The van der Waals surface area contributed by atoms with Crippen LogP contribution in [0.5, 0.6) is 0 Å². The van der Waals surface area contributed by atoms with Gasteiger partial charge in [-0.2, -0.15) is 0 Å². The molecule has 0 aliphatic rings. The Morgan fingerprint density at radius 2 is 2.12 bits per heavy atom. The molecule has 4 heteroatoms. The Morgan fingerprint density at radius 3 is 2.25 bits per heavy atom. The number of alkyl halides is 1. The zero-order valence-corrected chi connectivity index (χ0v) is 4.87. The lowest BCUT2D eigenvalue weighted by Crippen LogP contribution is -2.03. The van der Waals surface area contributed by atoms with Crippen molar-refractivity contribution in [2.24, 2.45) is 11.0 Å². The SMILES string of the molecule is CC(C)[C@@H](F)N=[N+]=[N-]. The van der Waals surface area contributed by atoms with Crippen molar-refractivity contribution < 1.29 is 4.39 Å². The highest BCUT2D eigenvalue weighted by molar-refractivity contribution is 4.56. The van der Waals surface area contributed by atoms with E-state index in [0.717, 1.165) is 0 Å². The molecule has 0 aliphatic heterocycles. The first-order valence-corrected chi connectivity index (χ1v) is 2.36. The molecule has 0 spiro atoms. The summed E-state index contributed by atoms with van der Waals surface area (Å²) in [4.78, 5) is 2.31. The number of halogens is 1. The van der Waals surface area contributed by atoms with Crippen molar-refractivity contribution in [2.45, 2.75) is 20.1 Å². The van der Waals surface area contributed by atoms with Gasteiger partial charge in [-0.25, -0.2) is 4.39 Å². The van der Waals surface area contributed by atoms with E-state index in [1.807, 2.05) is 0 Å². The zero-order chi connectivity index (χ0) is 6.57. The van der Waals surface area contributed by atoms with Crippen molar-refractivity contribution >= 4 is 0 Å². The fourth-order valence-corrected chi connectivity index (χ4v) is 0.183. The molecule has 0 rings (SSSR count). The van der Waals surface area contributed by atoms with Gasteiger partial charge < -0.3 is 0 Å². The predicted octanol–water partition coefficient (Wildman–Crippen LogP) is 2.25. The summed E-state index contributed by atoms with van der Waals surface area (Å²) in [5, 5.41) is 2.84. The molecule has 8 heavy (non-hydrogen) atoms. The van der Waals surface area contributed by atoms with Crippen molar-refractivity contribution in [1.29, 1.82) is 0 Å². The smallest absolute Gasteiger partial charge is 0.181 e. The quantitative estimate of drug-likeness (QED) is 0.230. The fraction of sp³-hybridized carbons (Fsp3) is 1.00. The minimum Gasteiger partial charge on any atom is -0.241 e. The highest BCUT2D eigenvalue weighted by atomic mass is 19.1. The van der Waals surface area contributed by atoms with Crippen LogP contribution in [0.25, 0.3) is 10.4 Å². The summed E-state index contributed by atoms with van der Waals surface area (Å²) in [6.07, 6.45) is -1.37. The molecule has 0 aromatic rings. The highest BCUT2D eigenvalue weighted by Gasteiger charge is 2.06. The molecule has 0 N–H and O–H groups in total. The second-order valence-electron chi connectivity index (χ2n) is 1.82. The summed E-state index contributed by atoms with van der Waals surface area (Å²) in [6, 6.07) is 0. The fourth-order valence-electron chi connectivity index (χ4n) is 0.183. The van der Waals surface area contributed by atoms with E-state index in [4.69, 9.17) is 5.53 Å². The largest absolute Gasteiger partial charge is 0.241 e. The lowest BCUT2D eigenvalue weighted by molar-refractivity contribution is 0.264. The molecule has 0 amide bonds. The second kappa shape index (κ2) is 3.27. The van der Waals surface area contributed by atoms with Crippen LogP contribution in [0.4, 0.5) is 4.39 Å². The Balaban J connectivity index is 3.63. The molecular weight excluding hydrogens is 109 g/mol. The highest BCUT2D eigenvalue weighted by Crippen LogP contribution is 2.06. The van der Waals surface area contributed by atoms with Gasteiger partial charge in [0.25, 0.3) is 0 Å². The maximum Gasteiger partial charge on any atom is 0.181 e. The Morgan fingerprint density at radius 1 is 1.62 bits per heavy atom. The molecule has 0 saturated carbocycles. The van der Waals surface area contributed by atoms with Crippen LogP contribution in [0.15, 0.2) is 5.11 Å². The van der Waals surface area contributed by atoms with Gasteiger partial charge in [0.05, 0.1) is 0 Å². The normalized spacial score (nSPS) is 13.0. The first-order valence-electron chi connectivity index (χ1n) is 2.36. The summed E-state index contributed by atoms with van der Waals surface area (Å²) in [5.74, 6) is -0.217. The Labute approximate surface area is 47.1 Å². The average Bonchev–Trinajstić information content (AvgIpc) is 1.67. The van der Waals surface area contributed by atoms with E-state index in [9.17, 15) is 4.39 Å². The van der Waals surface area contributed by atoms with Crippen LogP contribution < -0.4 is 0 Å². The summed E-state index contributed by atoms with van der Waals surface area (Å²) in [6.45, 7) is 3.30. The number of rotatable bonds is 2. The lowest BCUT2D eigenvalue weighted by atomic mass is 10.2. The third kappa shape index (κ3) is 2.42.